The number of carbonyl (C=O) groups is 1. The van der Waals surface area contributed by atoms with Crippen LogP contribution in [-0.4, -0.2) is 22.8 Å². The van der Waals surface area contributed by atoms with Gasteiger partial charge in [0.15, 0.2) is 0 Å². The number of para-hydroxylation sites is 2. The molecule has 0 aliphatic heterocycles. The predicted molar refractivity (Wildman–Crippen MR) is 124 cm³/mol. The molecule has 1 heterocycles. The van der Waals surface area contributed by atoms with Gasteiger partial charge in [0.2, 0.25) is 0 Å². The third kappa shape index (κ3) is 4.58. The lowest BCUT2D eigenvalue weighted by Crippen LogP contribution is -2.13. The van der Waals surface area contributed by atoms with E-state index in [1.165, 1.54) is 0 Å². The number of nitrogens with zero attached hydrogens (tertiary/aromatic N) is 3. The minimum Gasteiger partial charge on any atom is -0.497 e. The van der Waals surface area contributed by atoms with Gasteiger partial charge in [0.25, 0.3) is 5.91 Å². The van der Waals surface area contributed by atoms with Crippen molar-refractivity contribution in [1.29, 1.82) is 5.26 Å². The molecule has 32 heavy (non-hydrogen) atoms. The second-order valence-corrected chi connectivity index (χ2v) is 6.93. The molecule has 0 bridgehead atoms. The molecule has 1 amide bonds. The molecule has 0 atom stereocenters. The summed E-state index contributed by atoms with van der Waals surface area (Å²) < 4.78 is 6.98. The van der Waals surface area contributed by atoms with Gasteiger partial charge in [-0.05, 0) is 54.6 Å². The maximum Gasteiger partial charge on any atom is 0.266 e. The maximum absolute atomic E-state index is 12.7. The molecular formula is C26H20N4O2. The molecule has 0 radical (unpaired) electrons. The third-order valence-corrected chi connectivity index (χ3v) is 4.82. The van der Waals surface area contributed by atoms with Crippen molar-refractivity contribution in [2.24, 2.45) is 0 Å². The molecule has 0 aliphatic carbocycles. The molecule has 156 valence electrons. The van der Waals surface area contributed by atoms with Crippen molar-refractivity contribution in [2.45, 2.75) is 0 Å². The molecule has 0 aliphatic rings. The summed E-state index contributed by atoms with van der Waals surface area (Å²) in [7, 11) is 1.61. The maximum atomic E-state index is 12.7. The Morgan fingerprint density at radius 2 is 1.66 bits per heavy atom. The van der Waals surface area contributed by atoms with Gasteiger partial charge >= 0.3 is 0 Å². The first-order valence-electron chi connectivity index (χ1n) is 9.95. The van der Waals surface area contributed by atoms with Gasteiger partial charge in [-0.25, -0.2) is 4.68 Å². The molecule has 1 aromatic heterocycles. The first-order chi connectivity index (χ1) is 15.7. The number of carbonyl (C=O) groups excluding carboxylic acids is 1. The smallest absolute Gasteiger partial charge is 0.266 e. The van der Waals surface area contributed by atoms with Crippen molar-refractivity contribution >= 4 is 17.7 Å². The highest BCUT2D eigenvalue weighted by atomic mass is 16.5. The van der Waals surface area contributed by atoms with Crippen LogP contribution in [0.25, 0.3) is 23.0 Å². The van der Waals surface area contributed by atoms with E-state index in [9.17, 15) is 10.1 Å². The SMILES string of the molecule is COc1ccc(-c2nn(-c3ccccc3)cc2/C=C(\C#N)C(=O)Nc2ccccc2)cc1. The fourth-order valence-corrected chi connectivity index (χ4v) is 3.20. The Bertz CT molecular complexity index is 1290. The number of aromatic nitrogens is 2. The van der Waals surface area contributed by atoms with Crippen LogP contribution in [0.4, 0.5) is 5.69 Å². The van der Waals surface area contributed by atoms with Gasteiger partial charge in [0.05, 0.1) is 18.5 Å². The molecule has 1 N–H and O–H groups in total. The molecule has 0 unspecified atom stereocenters. The van der Waals surface area contributed by atoms with E-state index in [0.29, 0.717) is 16.9 Å². The van der Waals surface area contributed by atoms with Crippen molar-refractivity contribution in [3.8, 4) is 28.8 Å². The monoisotopic (exact) mass is 420 g/mol. The van der Waals surface area contributed by atoms with Crippen molar-refractivity contribution in [3.05, 3.63) is 102 Å². The van der Waals surface area contributed by atoms with E-state index in [-0.39, 0.29) is 5.57 Å². The number of amides is 1. The van der Waals surface area contributed by atoms with Crippen molar-refractivity contribution in [1.82, 2.24) is 9.78 Å². The fourth-order valence-electron chi connectivity index (χ4n) is 3.20. The van der Waals surface area contributed by atoms with E-state index >= 15 is 0 Å². The van der Waals surface area contributed by atoms with Crippen molar-refractivity contribution in [3.63, 3.8) is 0 Å². The lowest BCUT2D eigenvalue weighted by atomic mass is 10.1. The number of hydrogen-bond donors (Lipinski definition) is 1. The second-order valence-electron chi connectivity index (χ2n) is 6.93. The summed E-state index contributed by atoms with van der Waals surface area (Å²) in [5.41, 5.74) is 3.61. The van der Waals surface area contributed by atoms with Gasteiger partial charge in [-0.15, -0.1) is 0 Å². The Morgan fingerprint density at radius 1 is 1.00 bits per heavy atom. The number of methoxy groups -OCH3 is 1. The largest absolute Gasteiger partial charge is 0.497 e. The number of benzene rings is 3. The fraction of sp³-hybridized carbons (Fsp3) is 0.0385. The normalized spacial score (nSPS) is 10.9. The van der Waals surface area contributed by atoms with Crippen LogP contribution in [-0.2, 0) is 4.79 Å². The Kier molecular flexibility index (Phi) is 6.10. The molecule has 6 nitrogen and oxygen atoms in total. The summed E-state index contributed by atoms with van der Waals surface area (Å²) in [5.74, 6) is 0.250. The molecule has 4 rings (SSSR count). The van der Waals surface area contributed by atoms with Crippen LogP contribution < -0.4 is 10.1 Å². The van der Waals surface area contributed by atoms with Gasteiger partial charge in [0.1, 0.15) is 17.4 Å². The van der Waals surface area contributed by atoms with Crippen LogP contribution in [0.2, 0.25) is 0 Å². The average Bonchev–Trinajstić information content (AvgIpc) is 3.27. The summed E-state index contributed by atoms with van der Waals surface area (Å²) in [4.78, 5) is 12.7. The number of anilines is 1. The van der Waals surface area contributed by atoms with Crippen LogP contribution in [0, 0.1) is 11.3 Å². The van der Waals surface area contributed by atoms with Crippen molar-refractivity contribution in [2.75, 3.05) is 12.4 Å². The molecule has 4 aromatic rings. The lowest BCUT2D eigenvalue weighted by Gasteiger charge is -2.04. The van der Waals surface area contributed by atoms with Crippen LogP contribution >= 0.6 is 0 Å². The first-order valence-corrected chi connectivity index (χ1v) is 9.95. The molecule has 0 saturated carbocycles. The van der Waals surface area contributed by atoms with Gasteiger partial charge in [-0.2, -0.15) is 10.4 Å². The number of nitriles is 1. The molecule has 0 saturated heterocycles. The van der Waals surface area contributed by atoms with E-state index in [1.54, 1.807) is 30.0 Å². The summed E-state index contributed by atoms with van der Waals surface area (Å²) >= 11 is 0. The average molecular weight is 420 g/mol. The summed E-state index contributed by atoms with van der Waals surface area (Å²) in [5, 5.41) is 17.1. The Balaban J connectivity index is 1.75. The van der Waals surface area contributed by atoms with E-state index in [2.05, 4.69) is 5.32 Å². The zero-order valence-electron chi connectivity index (χ0n) is 17.4. The number of ether oxygens (including phenoxy) is 1. The first kappa shape index (κ1) is 20.6. The van der Waals surface area contributed by atoms with Gasteiger partial charge in [0, 0.05) is 23.0 Å². The number of hydrogen-bond acceptors (Lipinski definition) is 4. The van der Waals surface area contributed by atoms with Crippen LogP contribution in [0.15, 0.2) is 96.7 Å². The molecule has 6 heteroatoms. The van der Waals surface area contributed by atoms with Gasteiger partial charge in [-0.3, -0.25) is 4.79 Å². The van der Waals surface area contributed by atoms with E-state index in [0.717, 1.165) is 17.0 Å². The zero-order chi connectivity index (χ0) is 22.3. The Morgan fingerprint density at radius 3 is 2.28 bits per heavy atom. The molecular weight excluding hydrogens is 400 g/mol. The highest BCUT2D eigenvalue weighted by Gasteiger charge is 2.15. The van der Waals surface area contributed by atoms with Crippen LogP contribution in [0.1, 0.15) is 5.56 Å². The summed E-state index contributed by atoms with van der Waals surface area (Å²) in [6.45, 7) is 0. The molecule has 0 spiro atoms. The lowest BCUT2D eigenvalue weighted by molar-refractivity contribution is -0.112. The zero-order valence-corrected chi connectivity index (χ0v) is 17.4. The topological polar surface area (TPSA) is 79.9 Å². The number of nitrogens with one attached hydrogen (secondary N) is 1. The molecule has 3 aromatic carbocycles. The summed E-state index contributed by atoms with van der Waals surface area (Å²) in [6, 6.07) is 28.2. The standard InChI is InChI=1S/C26H20N4O2/c1-32-24-14-12-19(13-15-24)25-21(18-30(29-25)23-10-6-3-7-11-23)16-20(17-27)26(31)28-22-8-4-2-5-9-22/h2-16,18H,1H3,(H,28,31)/b20-16+. The third-order valence-electron chi connectivity index (χ3n) is 4.82. The predicted octanol–water partition coefficient (Wildman–Crippen LogP) is 5.09. The Labute approximate surface area is 186 Å². The van der Waals surface area contributed by atoms with E-state index in [1.807, 2.05) is 85.1 Å². The minimum atomic E-state index is -0.480. The van der Waals surface area contributed by atoms with Crippen LogP contribution in [0.5, 0.6) is 5.75 Å². The Hall–Kier alpha value is -4.63. The van der Waals surface area contributed by atoms with E-state index < -0.39 is 5.91 Å². The van der Waals surface area contributed by atoms with Crippen molar-refractivity contribution < 1.29 is 9.53 Å². The van der Waals surface area contributed by atoms with Gasteiger partial charge in [-0.1, -0.05) is 36.4 Å². The van der Waals surface area contributed by atoms with Gasteiger partial charge < -0.3 is 10.1 Å². The highest BCUT2D eigenvalue weighted by molar-refractivity contribution is 6.10. The summed E-state index contributed by atoms with van der Waals surface area (Å²) in [6.07, 6.45) is 3.37. The second kappa shape index (κ2) is 9.45. The highest BCUT2D eigenvalue weighted by Crippen LogP contribution is 2.27. The quantitative estimate of drug-likeness (QED) is 0.348. The van der Waals surface area contributed by atoms with E-state index in [4.69, 9.17) is 9.84 Å². The number of rotatable bonds is 6. The molecule has 0 fully saturated rings. The minimum absolute atomic E-state index is 0.0174. The van der Waals surface area contributed by atoms with Crippen LogP contribution in [0.3, 0.4) is 0 Å².